The summed E-state index contributed by atoms with van der Waals surface area (Å²) < 4.78 is 5.06. The molecular formula is C20H19N3O4S. The number of carbonyl (C=O) groups excluding carboxylic acids is 3. The third-order valence-corrected chi connectivity index (χ3v) is 4.75. The van der Waals surface area contributed by atoms with Crippen LogP contribution in [0.15, 0.2) is 64.6 Å². The van der Waals surface area contributed by atoms with Gasteiger partial charge >= 0.3 is 0 Å². The second kappa shape index (κ2) is 9.01. The zero-order valence-corrected chi connectivity index (χ0v) is 15.9. The molecule has 8 heteroatoms. The SMILES string of the molecule is CC(NC(=O)c1cccs1)C(=O)NCc1cccc(NC(=O)c2ccco2)c1. The molecule has 0 radical (unpaired) electrons. The van der Waals surface area contributed by atoms with Crippen LogP contribution in [0.5, 0.6) is 0 Å². The number of hydrogen-bond acceptors (Lipinski definition) is 5. The maximum Gasteiger partial charge on any atom is 0.291 e. The lowest BCUT2D eigenvalue weighted by atomic mass is 10.2. The first-order chi connectivity index (χ1) is 13.5. The molecule has 0 aliphatic heterocycles. The van der Waals surface area contributed by atoms with Crippen molar-refractivity contribution >= 4 is 34.7 Å². The van der Waals surface area contributed by atoms with E-state index >= 15 is 0 Å². The molecule has 2 heterocycles. The number of hydrogen-bond donors (Lipinski definition) is 3. The lowest BCUT2D eigenvalue weighted by molar-refractivity contribution is -0.122. The fourth-order valence-corrected chi connectivity index (χ4v) is 3.07. The largest absolute Gasteiger partial charge is 0.459 e. The van der Waals surface area contributed by atoms with Crippen molar-refractivity contribution in [2.75, 3.05) is 5.32 Å². The number of anilines is 1. The monoisotopic (exact) mass is 397 g/mol. The summed E-state index contributed by atoms with van der Waals surface area (Å²) in [4.78, 5) is 36.8. The van der Waals surface area contributed by atoms with Gasteiger partial charge in [0.05, 0.1) is 11.1 Å². The zero-order valence-electron chi connectivity index (χ0n) is 15.1. The quantitative estimate of drug-likeness (QED) is 0.570. The smallest absolute Gasteiger partial charge is 0.291 e. The molecule has 0 bridgehead atoms. The van der Waals surface area contributed by atoms with Crippen molar-refractivity contribution in [3.8, 4) is 0 Å². The molecule has 0 saturated carbocycles. The van der Waals surface area contributed by atoms with Gasteiger partial charge in [0.15, 0.2) is 5.76 Å². The first kappa shape index (κ1) is 19.4. The van der Waals surface area contributed by atoms with Crippen LogP contribution >= 0.6 is 11.3 Å². The standard InChI is InChI=1S/C20H19N3O4S/c1-13(22-20(26)17-8-4-10-28-17)18(24)21-12-14-5-2-6-15(11-14)23-19(25)16-7-3-9-27-16/h2-11,13H,12H2,1H3,(H,21,24)(H,22,26)(H,23,25). The number of furan rings is 1. The van der Waals surface area contributed by atoms with Crippen molar-refractivity contribution < 1.29 is 18.8 Å². The Balaban J connectivity index is 1.51. The number of nitrogens with one attached hydrogen (secondary N) is 3. The summed E-state index contributed by atoms with van der Waals surface area (Å²) in [5.41, 5.74) is 1.40. The summed E-state index contributed by atoms with van der Waals surface area (Å²) in [7, 11) is 0. The number of carbonyl (C=O) groups is 3. The summed E-state index contributed by atoms with van der Waals surface area (Å²) in [6, 6.07) is 13.1. The minimum atomic E-state index is -0.670. The Hall–Kier alpha value is -3.39. The van der Waals surface area contributed by atoms with Gasteiger partial charge in [0.1, 0.15) is 6.04 Å². The van der Waals surface area contributed by atoms with Crippen LogP contribution in [0.1, 0.15) is 32.7 Å². The summed E-state index contributed by atoms with van der Waals surface area (Å²) in [5, 5.41) is 9.98. The van der Waals surface area contributed by atoms with E-state index in [-0.39, 0.29) is 30.0 Å². The van der Waals surface area contributed by atoms with Gasteiger partial charge in [-0.25, -0.2) is 0 Å². The maximum atomic E-state index is 12.2. The van der Waals surface area contributed by atoms with Crippen molar-refractivity contribution in [3.63, 3.8) is 0 Å². The van der Waals surface area contributed by atoms with Gasteiger partial charge in [-0.2, -0.15) is 0 Å². The van der Waals surface area contributed by atoms with E-state index in [2.05, 4.69) is 16.0 Å². The van der Waals surface area contributed by atoms with Crippen LogP contribution in [-0.2, 0) is 11.3 Å². The van der Waals surface area contributed by atoms with Crippen molar-refractivity contribution in [3.05, 3.63) is 76.4 Å². The Morgan fingerprint density at radius 2 is 1.93 bits per heavy atom. The highest BCUT2D eigenvalue weighted by molar-refractivity contribution is 7.12. The van der Waals surface area contributed by atoms with Gasteiger partial charge in [0.2, 0.25) is 5.91 Å². The minimum absolute atomic E-state index is 0.217. The number of thiophene rings is 1. The van der Waals surface area contributed by atoms with Crippen LogP contribution in [0.3, 0.4) is 0 Å². The Kier molecular flexibility index (Phi) is 6.23. The third-order valence-electron chi connectivity index (χ3n) is 3.88. The molecule has 3 aromatic rings. The zero-order chi connectivity index (χ0) is 19.9. The van der Waals surface area contributed by atoms with Crippen LogP contribution in [0.4, 0.5) is 5.69 Å². The van der Waals surface area contributed by atoms with E-state index in [1.54, 1.807) is 54.8 Å². The average molecular weight is 397 g/mol. The predicted octanol–water partition coefficient (Wildman–Crippen LogP) is 3.03. The number of rotatable bonds is 7. The highest BCUT2D eigenvalue weighted by atomic mass is 32.1. The van der Waals surface area contributed by atoms with Gasteiger partial charge in [0.25, 0.3) is 11.8 Å². The fraction of sp³-hybridized carbons (Fsp3) is 0.150. The van der Waals surface area contributed by atoms with E-state index < -0.39 is 6.04 Å². The van der Waals surface area contributed by atoms with E-state index in [0.29, 0.717) is 10.6 Å². The predicted molar refractivity (Wildman–Crippen MR) is 106 cm³/mol. The average Bonchev–Trinajstić information content (AvgIpc) is 3.40. The Morgan fingerprint density at radius 1 is 1.07 bits per heavy atom. The normalized spacial score (nSPS) is 11.5. The van der Waals surface area contributed by atoms with E-state index in [0.717, 1.165) is 5.56 Å². The molecule has 0 fully saturated rings. The Morgan fingerprint density at radius 3 is 2.64 bits per heavy atom. The second-order valence-corrected chi connectivity index (χ2v) is 6.97. The van der Waals surface area contributed by atoms with Gasteiger partial charge in [-0.15, -0.1) is 11.3 Å². The van der Waals surface area contributed by atoms with Crippen LogP contribution in [0, 0.1) is 0 Å². The molecule has 0 aliphatic carbocycles. The van der Waals surface area contributed by atoms with Crippen LogP contribution in [0.2, 0.25) is 0 Å². The molecule has 0 aliphatic rings. The van der Waals surface area contributed by atoms with Crippen molar-refractivity contribution in [2.45, 2.75) is 19.5 Å². The second-order valence-electron chi connectivity index (χ2n) is 6.02. The Bertz CT molecular complexity index is 952. The van der Waals surface area contributed by atoms with E-state index in [1.807, 2.05) is 6.07 Å². The summed E-state index contributed by atoms with van der Waals surface area (Å²) in [6.07, 6.45) is 1.43. The van der Waals surface area contributed by atoms with Crippen LogP contribution in [0.25, 0.3) is 0 Å². The number of benzene rings is 1. The van der Waals surface area contributed by atoms with Gasteiger partial charge < -0.3 is 20.4 Å². The van der Waals surface area contributed by atoms with Gasteiger partial charge in [-0.05, 0) is 48.2 Å². The molecular weight excluding hydrogens is 378 g/mol. The molecule has 0 saturated heterocycles. The molecule has 3 amide bonds. The molecule has 1 aromatic carbocycles. The molecule has 3 N–H and O–H groups in total. The lowest BCUT2D eigenvalue weighted by Gasteiger charge is -2.14. The van der Waals surface area contributed by atoms with E-state index in [4.69, 9.17) is 4.42 Å². The molecule has 1 atom stereocenters. The van der Waals surface area contributed by atoms with E-state index in [1.165, 1.54) is 17.6 Å². The molecule has 0 spiro atoms. The van der Waals surface area contributed by atoms with Gasteiger partial charge in [-0.3, -0.25) is 14.4 Å². The van der Waals surface area contributed by atoms with Gasteiger partial charge in [-0.1, -0.05) is 18.2 Å². The van der Waals surface area contributed by atoms with Crippen LogP contribution < -0.4 is 16.0 Å². The van der Waals surface area contributed by atoms with Gasteiger partial charge in [0, 0.05) is 12.2 Å². The van der Waals surface area contributed by atoms with Crippen molar-refractivity contribution in [1.29, 1.82) is 0 Å². The van der Waals surface area contributed by atoms with Crippen molar-refractivity contribution in [2.24, 2.45) is 0 Å². The van der Waals surface area contributed by atoms with Crippen LogP contribution in [-0.4, -0.2) is 23.8 Å². The summed E-state index contributed by atoms with van der Waals surface area (Å²) >= 11 is 1.32. The minimum Gasteiger partial charge on any atom is -0.459 e. The maximum absolute atomic E-state index is 12.2. The third kappa shape index (κ3) is 5.08. The van der Waals surface area contributed by atoms with Crippen molar-refractivity contribution in [1.82, 2.24) is 10.6 Å². The molecule has 3 rings (SSSR count). The van der Waals surface area contributed by atoms with E-state index in [9.17, 15) is 14.4 Å². The Labute approximate surface area is 165 Å². The molecule has 2 aromatic heterocycles. The molecule has 28 heavy (non-hydrogen) atoms. The molecule has 1 unspecified atom stereocenters. The first-order valence-electron chi connectivity index (χ1n) is 8.59. The molecule has 7 nitrogen and oxygen atoms in total. The topological polar surface area (TPSA) is 100 Å². The highest BCUT2D eigenvalue weighted by Gasteiger charge is 2.17. The first-order valence-corrected chi connectivity index (χ1v) is 9.47. The summed E-state index contributed by atoms with van der Waals surface area (Å²) in [5.74, 6) is -0.708. The summed E-state index contributed by atoms with van der Waals surface area (Å²) in [6.45, 7) is 1.89. The highest BCUT2D eigenvalue weighted by Crippen LogP contribution is 2.13. The molecule has 144 valence electrons. The fourth-order valence-electron chi connectivity index (χ4n) is 2.44. The lowest BCUT2D eigenvalue weighted by Crippen LogP contribution is -2.44. The number of amides is 3.